The van der Waals surface area contributed by atoms with Crippen LogP contribution in [0.5, 0.6) is 0 Å². The van der Waals surface area contributed by atoms with E-state index in [-0.39, 0.29) is 0 Å². The lowest BCUT2D eigenvalue weighted by atomic mass is 9.80. The summed E-state index contributed by atoms with van der Waals surface area (Å²) in [4.78, 5) is 2.45. The Labute approximate surface area is 317 Å². The van der Waals surface area contributed by atoms with Crippen molar-refractivity contribution < 1.29 is 0 Å². The van der Waals surface area contributed by atoms with Gasteiger partial charge in [0.05, 0.1) is 16.7 Å². The van der Waals surface area contributed by atoms with E-state index in [2.05, 4.69) is 198 Å². The summed E-state index contributed by atoms with van der Waals surface area (Å²) in [5, 5.41) is 5.25. The maximum absolute atomic E-state index is 2.45. The van der Waals surface area contributed by atoms with Crippen LogP contribution in [0, 0.1) is 0 Å². The van der Waals surface area contributed by atoms with E-state index in [4.69, 9.17) is 0 Å². The fourth-order valence-electron chi connectivity index (χ4n) is 9.08. The van der Waals surface area contributed by atoms with Gasteiger partial charge in [-0.25, -0.2) is 0 Å². The van der Waals surface area contributed by atoms with E-state index in [9.17, 15) is 0 Å². The van der Waals surface area contributed by atoms with Crippen molar-refractivity contribution in [1.29, 1.82) is 0 Å². The average molecular weight is 695 g/mol. The Bertz CT molecular complexity index is 2750. The van der Waals surface area contributed by atoms with Gasteiger partial charge in [0.15, 0.2) is 0 Å². The topological polar surface area (TPSA) is 8.17 Å². The number of fused-ring (bicyclic) bond motifs is 4. The van der Waals surface area contributed by atoms with Gasteiger partial charge in [0.1, 0.15) is 0 Å². The lowest BCUT2D eigenvalue weighted by molar-refractivity contribution is 0.445. The molecule has 8 aromatic carbocycles. The van der Waals surface area contributed by atoms with Gasteiger partial charge in [-0.3, -0.25) is 0 Å². The zero-order valence-corrected chi connectivity index (χ0v) is 30.4. The van der Waals surface area contributed by atoms with Gasteiger partial charge >= 0.3 is 0 Å². The molecule has 54 heavy (non-hydrogen) atoms. The summed E-state index contributed by atoms with van der Waals surface area (Å²) in [6, 6.07) is 69.1. The third-order valence-corrected chi connectivity index (χ3v) is 11.6. The van der Waals surface area contributed by atoms with E-state index >= 15 is 0 Å². The van der Waals surface area contributed by atoms with Crippen LogP contribution in [-0.4, -0.2) is 4.57 Å². The van der Waals surface area contributed by atoms with Gasteiger partial charge in [-0.2, -0.15) is 0 Å². The van der Waals surface area contributed by atoms with Crippen LogP contribution < -0.4 is 4.90 Å². The molecule has 1 heterocycles. The van der Waals surface area contributed by atoms with Gasteiger partial charge in [0.2, 0.25) is 0 Å². The van der Waals surface area contributed by atoms with Crippen molar-refractivity contribution in [3.63, 3.8) is 0 Å². The first kappa shape index (κ1) is 32.3. The second-order valence-electron chi connectivity index (χ2n) is 14.7. The minimum absolute atomic E-state index is 0.608. The molecule has 9 aromatic rings. The number of para-hydroxylation sites is 4. The molecule has 1 saturated carbocycles. The van der Waals surface area contributed by atoms with Crippen LogP contribution in [0.1, 0.15) is 43.6 Å². The fourth-order valence-corrected chi connectivity index (χ4v) is 9.08. The van der Waals surface area contributed by atoms with Crippen LogP contribution in [0.4, 0.5) is 17.1 Å². The Morgan fingerprint density at radius 3 is 1.94 bits per heavy atom. The highest BCUT2D eigenvalue weighted by atomic mass is 15.1. The number of rotatable bonds is 7. The Kier molecular flexibility index (Phi) is 8.30. The number of nitrogens with zero attached hydrogens (tertiary/aromatic N) is 2. The summed E-state index contributed by atoms with van der Waals surface area (Å²) in [7, 11) is 0. The standard InChI is InChI=1S/C52H42N2/c1-4-17-37(18-5-1)44-29-15-19-38-20-16-30-47(52(38)44)45-27-10-12-31-49(45)53(41-22-6-2-7-23-41)43-26-14-21-39(35-43)40-33-34-51-48(36-40)46-28-11-13-32-50(46)54(51)42-24-8-3-9-25-42/h2-3,6-16,19-37H,1,4-5,17-18H2. The van der Waals surface area contributed by atoms with Crippen molar-refractivity contribution in [3.05, 3.63) is 194 Å². The lowest BCUT2D eigenvalue weighted by Gasteiger charge is -2.29. The molecule has 0 aliphatic heterocycles. The van der Waals surface area contributed by atoms with Crippen LogP contribution >= 0.6 is 0 Å². The predicted molar refractivity (Wildman–Crippen MR) is 230 cm³/mol. The molecule has 1 aliphatic rings. The molecule has 0 atom stereocenters. The van der Waals surface area contributed by atoms with Gasteiger partial charge in [0, 0.05) is 33.4 Å². The highest BCUT2D eigenvalue weighted by Gasteiger charge is 2.23. The SMILES string of the molecule is c1ccc(N(c2cccc(-c3ccc4c(c3)c3ccccc3n4-c3ccccc3)c2)c2ccccc2-c2cccc3cccc(C4CCCCC4)c23)cc1. The highest BCUT2D eigenvalue weighted by Crippen LogP contribution is 2.46. The van der Waals surface area contributed by atoms with E-state index < -0.39 is 0 Å². The smallest absolute Gasteiger partial charge is 0.0541 e. The molecular weight excluding hydrogens is 653 g/mol. The van der Waals surface area contributed by atoms with Crippen LogP contribution in [0.3, 0.4) is 0 Å². The molecule has 10 rings (SSSR count). The normalized spacial score (nSPS) is 13.5. The van der Waals surface area contributed by atoms with E-state index in [0.717, 1.165) is 11.4 Å². The van der Waals surface area contributed by atoms with Crippen molar-refractivity contribution in [2.24, 2.45) is 0 Å². The summed E-state index contributed by atoms with van der Waals surface area (Å²) in [5.41, 5.74) is 13.5. The summed E-state index contributed by atoms with van der Waals surface area (Å²) in [5.74, 6) is 0.608. The maximum atomic E-state index is 2.45. The Balaban J connectivity index is 1.13. The average Bonchev–Trinajstić information content (AvgIpc) is 3.58. The Hall–Kier alpha value is -6.38. The molecule has 1 fully saturated rings. The van der Waals surface area contributed by atoms with Gasteiger partial charge in [0.25, 0.3) is 0 Å². The van der Waals surface area contributed by atoms with Crippen molar-refractivity contribution in [2.75, 3.05) is 4.90 Å². The quantitative estimate of drug-likeness (QED) is 0.161. The van der Waals surface area contributed by atoms with Crippen molar-refractivity contribution in [2.45, 2.75) is 38.0 Å². The van der Waals surface area contributed by atoms with Gasteiger partial charge in [-0.05, 0) is 112 Å². The minimum Gasteiger partial charge on any atom is -0.310 e. The largest absolute Gasteiger partial charge is 0.310 e. The van der Waals surface area contributed by atoms with E-state index in [1.807, 2.05) is 0 Å². The third kappa shape index (κ3) is 5.67. The molecule has 0 radical (unpaired) electrons. The molecular formula is C52H42N2. The first-order chi connectivity index (χ1) is 26.8. The van der Waals surface area contributed by atoms with E-state index in [1.165, 1.54) is 104 Å². The summed E-state index contributed by atoms with van der Waals surface area (Å²) in [6.07, 6.45) is 6.54. The van der Waals surface area contributed by atoms with E-state index in [1.54, 1.807) is 0 Å². The number of benzene rings is 8. The molecule has 1 aromatic heterocycles. The Morgan fingerprint density at radius 1 is 0.444 bits per heavy atom. The second kappa shape index (κ2) is 13.9. The highest BCUT2D eigenvalue weighted by molar-refractivity contribution is 6.10. The van der Waals surface area contributed by atoms with Crippen LogP contribution in [0.2, 0.25) is 0 Å². The number of anilines is 3. The molecule has 0 saturated heterocycles. The van der Waals surface area contributed by atoms with Crippen LogP contribution in [0.25, 0.3) is 60.5 Å². The Morgan fingerprint density at radius 2 is 1.09 bits per heavy atom. The molecule has 2 nitrogen and oxygen atoms in total. The van der Waals surface area contributed by atoms with Crippen molar-refractivity contribution in [3.8, 4) is 27.9 Å². The van der Waals surface area contributed by atoms with Gasteiger partial charge < -0.3 is 9.47 Å². The first-order valence-electron chi connectivity index (χ1n) is 19.5. The van der Waals surface area contributed by atoms with Crippen molar-refractivity contribution in [1.82, 2.24) is 4.57 Å². The molecule has 260 valence electrons. The first-order valence-corrected chi connectivity index (χ1v) is 19.5. The zero-order chi connectivity index (χ0) is 35.8. The molecule has 0 unspecified atom stereocenters. The molecule has 2 heteroatoms. The molecule has 0 spiro atoms. The predicted octanol–water partition coefficient (Wildman–Crippen LogP) is 14.8. The summed E-state index contributed by atoms with van der Waals surface area (Å²) >= 11 is 0. The molecule has 0 amide bonds. The number of hydrogen-bond donors (Lipinski definition) is 0. The monoisotopic (exact) mass is 694 g/mol. The third-order valence-electron chi connectivity index (χ3n) is 11.6. The van der Waals surface area contributed by atoms with Crippen LogP contribution in [-0.2, 0) is 0 Å². The fraction of sp³-hybridized carbons (Fsp3) is 0.115. The summed E-state index contributed by atoms with van der Waals surface area (Å²) < 4.78 is 2.38. The summed E-state index contributed by atoms with van der Waals surface area (Å²) in [6.45, 7) is 0. The van der Waals surface area contributed by atoms with Gasteiger partial charge in [-0.15, -0.1) is 0 Å². The second-order valence-corrected chi connectivity index (χ2v) is 14.7. The van der Waals surface area contributed by atoms with E-state index in [0.29, 0.717) is 5.92 Å². The van der Waals surface area contributed by atoms with Crippen molar-refractivity contribution >= 4 is 49.6 Å². The number of hydrogen-bond acceptors (Lipinski definition) is 1. The minimum atomic E-state index is 0.608. The molecule has 0 N–H and O–H groups in total. The van der Waals surface area contributed by atoms with Crippen LogP contribution in [0.15, 0.2) is 188 Å². The lowest BCUT2D eigenvalue weighted by Crippen LogP contribution is -2.11. The zero-order valence-electron chi connectivity index (χ0n) is 30.4. The number of aromatic nitrogens is 1. The van der Waals surface area contributed by atoms with Gasteiger partial charge in [-0.1, -0.05) is 147 Å². The maximum Gasteiger partial charge on any atom is 0.0541 e. The molecule has 1 aliphatic carbocycles. The molecule has 0 bridgehead atoms.